The van der Waals surface area contributed by atoms with Gasteiger partial charge in [-0.2, -0.15) is 5.26 Å². The van der Waals surface area contributed by atoms with Gasteiger partial charge in [0.05, 0.1) is 11.6 Å². The quantitative estimate of drug-likeness (QED) is 0.803. The molecule has 2 N–H and O–H groups in total. The third kappa shape index (κ3) is 3.12. The molecule has 0 saturated carbocycles. The van der Waals surface area contributed by atoms with Crippen molar-refractivity contribution in [2.45, 2.75) is 12.5 Å². The van der Waals surface area contributed by atoms with Crippen molar-refractivity contribution >= 4 is 18.1 Å². The van der Waals surface area contributed by atoms with E-state index in [9.17, 15) is 0 Å². The molecule has 3 nitrogen and oxygen atoms in total. The van der Waals surface area contributed by atoms with Crippen molar-refractivity contribution in [2.24, 2.45) is 0 Å². The summed E-state index contributed by atoms with van der Waals surface area (Å²) in [5.74, 6) is 0. The van der Waals surface area contributed by atoms with Crippen molar-refractivity contribution in [1.29, 1.82) is 5.26 Å². The second kappa shape index (κ2) is 5.59. The molecule has 0 bridgehead atoms. The Morgan fingerprint density at radius 2 is 2.07 bits per heavy atom. The van der Waals surface area contributed by atoms with Crippen LogP contribution in [0.15, 0.2) is 24.3 Å². The number of rotatable bonds is 2. The fraction of sp³-hybridized carbons (Fsp3) is 0.364. The van der Waals surface area contributed by atoms with Gasteiger partial charge < -0.3 is 10.6 Å². The van der Waals surface area contributed by atoms with E-state index in [1.165, 1.54) is 6.42 Å². The molecule has 1 heterocycles. The molecule has 1 unspecified atom stereocenters. The number of nitriles is 1. The number of halogens is 1. The van der Waals surface area contributed by atoms with Gasteiger partial charge in [0.15, 0.2) is 0 Å². The lowest BCUT2D eigenvalue weighted by Crippen LogP contribution is -2.21. The molecule has 0 aliphatic carbocycles. The molecule has 2 rings (SSSR count). The first-order chi connectivity index (χ1) is 6.88. The highest BCUT2D eigenvalue weighted by Crippen LogP contribution is 2.12. The van der Waals surface area contributed by atoms with Gasteiger partial charge in [0.1, 0.15) is 0 Å². The lowest BCUT2D eigenvalue weighted by atomic mass is 10.2. The summed E-state index contributed by atoms with van der Waals surface area (Å²) < 4.78 is 0. The zero-order valence-electron chi connectivity index (χ0n) is 8.36. The van der Waals surface area contributed by atoms with Gasteiger partial charge in [-0.25, -0.2) is 0 Å². The predicted octanol–water partition coefficient (Wildman–Crippen LogP) is 1.75. The van der Waals surface area contributed by atoms with E-state index in [1.807, 2.05) is 24.3 Å². The minimum Gasteiger partial charge on any atom is -0.381 e. The van der Waals surface area contributed by atoms with E-state index in [0.717, 1.165) is 18.8 Å². The average Bonchev–Trinajstić information content (AvgIpc) is 2.72. The SMILES string of the molecule is Cl.N#Cc1ccc(NC2CCNC2)cc1. The van der Waals surface area contributed by atoms with Crippen LogP contribution < -0.4 is 10.6 Å². The molecule has 1 saturated heterocycles. The van der Waals surface area contributed by atoms with E-state index in [4.69, 9.17) is 5.26 Å². The molecule has 1 aromatic carbocycles. The topological polar surface area (TPSA) is 47.9 Å². The molecule has 80 valence electrons. The largest absolute Gasteiger partial charge is 0.381 e. The van der Waals surface area contributed by atoms with Crippen molar-refractivity contribution in [3.63, 3.8) is 0 Å². The van der Waals surface area contributed by atoms with E-state index < -0.39 is 0 Å². The first-order valence-electron chi connectivity index (χ1n) is 4.86. The summed E-state index contributed by atoms with van der Waals surface area (Å²) in [6.45, 7) is 2.12. The zero-order valence-corrected chi connectivity index (χ0v) is 9.18. The van der Waals surface area contributed by atoms with Crippen LogP contribution >= 0.6 is 12.4 Å². The number of anilines is 1. The summed E-state index contributed by atoms with van der Waals surface area (Å²) >= 11 is 0. The minimum absolute atomic E-state index is 0. The van der Waals surface area contributed by atoms with Gasteiger partial charge in [0, 0.05) is 18.3 Å². The third-order valence-electron chi connectivity index (χ3n) is 2.45. The Kier molecular flexibility index (Phi) is 4.41. The van der Waals surface area contributed by atoms with Crippen molar-refractivity contribution in [1.82, 2.24) is 5.32 Å². The molecule has 15 heavy (non-hydrogen) atoms. The third-order valence-corrected chi connectivity index (χ3v) is 2.45. The maximum Gasteiger partial charge on any atom is 0.0991 e. The molecule has 0 spiro atoms. The highest BCUT2D eigenvalue weighted by atomic mass is 35.5. The summed E-state index contributed by atoms with van der Waals surface area (Å²) in [4.78, 5) is 0. The Morgan fingerprint density at radius 1 is 1.33 bits per heavy atom. The standard InChI is InChI=1S/C11H13N3.ClH/c12-7-9-1-3-10(4-2-9)14-11-5-6-13-8-11;/h1-4,11,13-14H,5-6,8H2;1H. The molecule has 0 aromatic heterocycles. The maximum absolute atomic E-state index is 8.63. The van der Waals surface area contributed by atoms with Crippen LogP contribution in [0.2, 0.25) is 0 Å². The molecular formula is C11H14ClN3. The average molecular weight is 224 g/mol. The second-order valence-corrected chi connectivity index (χ2v) is 3.52. The minimum atomic E-state index is 0. The molecule has 1 aliphatic rings. The van der Waals surface area contributed by atoms with Crippen molar-refractivity contribution in [2.75, 3.05) is 18.4 Å². The summed E-state index contributed by atoms with van der Waals surface area (Å²) in [6.07, 6.45) is 1.17. The maximum atomic E-state index is 8.63. The van der Waals surface area contributed by atoms with Gasteiger partial charge in [0.2, 0.25) is 0 Å². The van der Waals surface area contributed by atoms with Crippen molar-refractivity contribution < 1.29 is 0 Å². The van der Waals surface area contributed by atoms with Crippen LogP contribution in [0.5, 0.6) is 0 Å². The van der Waals surface area contributed by atoms with Crippen molar-refractivity contribution in [3.8, 4) is 6.07 Å². The molecular weight excluding hydrogens is 210 g/mol. The number of nitrogens with one attached hydrogen (secondary N) is 2. The van der Waals surface area contributed by atoms with Crippen LogP contribution in [0.1, 0.15) is 12.0 Å². The fourth-order valence-corrected chi connectivity index (χ4v) is 1.65. The number of hydrogen-bond donors (Lipinski definition) is 2. The van der Waals surface area contributed by atoms with E-state index in [1.54, 1.807) is 0 Å². The Hall–Kier alpha value is -1.24. The normalized spacial score (nSPS) is 19.0. The molecule has 1 atom stereocenters. The predicted molar refractivity (Wildman–Crippen MR) is 63.3 cm³/mol. The highest BCUT2D eigenvalue weighted by Gasteiger charge is 2.13. The number of hydrogen-bond acceptors (Lipinski definition) is 3. The van der Waals surface area contributed by atoms with Gasteiger partial charge in [-0.3, -0.25) is 0 Å². The first kappa shape index (κ1) is 11.8. The molecule has 0 amide bonds. The summed E-state index contributed by atoms with van der Waals surface area (Å²) in [7, 11) is 0. The Labute approximate surface area is 95.9 Å². The van der Waals surface area contributed by atoms with Crippen LogP contribution in [0.4, 0.5) is 5.69 Å². The van der Waals surface area contributed by atoms with Crippen molar-refractivity contribution in [3.05, 3.63) is 29.8 Å². The van der Waals surface area contributed by atoms with E-state index in [2.05, 4.69) is 16.7 Å². The molecule has 4 heteroatoms. The number of nitrogens with zero attached hydrogens (tertiary/aromatic N) is 1. The monoisotopic (exact) mass is 223 g/mol. The van der Waals surface area contributed by atoms with Crippen LogP contribution in [0, 0.1) is 11.3 Å². The lowest BCUT2D eigenvalue weighted by molar-refractivity contribution is 0.793. The van der Waals surface area contributed by atoms with Gasteiger partial charge >= 0.3 is 0 Å². The first-order valence-corrected chi connectivity index (χ1v) is 4.86. The Bertz CT molecular complexity index is 336. The fourth-order valence-electron chi connectivity index (χ4n) is 1.65. The van der Waals surface area contributed by atoms with E-state index in [0.29, 0.717) is 11.6 Å². The van der Waals surface area contributed by atoms with E-state index in [-0.39, 0.29) is 12.4 Å². The Balaban J connectivity index is 0.00000112. The van der Waals surface area contributed by atoms with Gasteiger partial charge in [-0.1, -0.05) is 0 Å². The van der Waals surface area contributed by atoms with Gasteiger partial charge in [0.25, 0.3) is 0 Å². The molecule has 1 aromatic rings. The molecule has 1 aliphatic heterocycles. The molecule has 0 radical (unpaired) electrons. The van der Waals surface area contributed by atoms with Crippen LogP contribution in [0.25, 0.3) is 0 Å². The summed E-state index contributed by atoms with van der Waals surface area (Å²) in [5.41, 5.74) is 1.80. The summed E-state index contributed by atoms with van der Waals surface area (Å²) in [6, 6.07) is 10.2. The molecule has 1 fully saturated rings. The lowest BCUT2D eigenvalue weighted by Gasteiger charge is -2.12. The highest BCUT2D eigenvalue weighted by molar-refractivity contribution is 5.85. The van der Waals surface area contributed by atoms with Crippen LogP contribution in [0.3, 0.4) is 0 Å². The smallest absolute Gasteiger partial charge is 0.0991 e. The van der Waals surface area contributed by atoms with Crippen LogP contribution in [-0.2, 0) is 0 Å². The second-order valence-electron chi connectivity index (χ2n) is 3.52. The number of benzene rings is 1. The zero-order chi connectivity index (χ0) is 9.80. The van der Waals surface area contributed by atoms with Crippen LogP contribution in [-0.4, -0.2) is 19.1 Å². The van der Waals surface area contributed by atoms with Gasteiger partial charge in [-0.15, -0.1) is 12.4 Å². The summed E-state index contributed by atoms with van der Waals surface area (Å²) in [5, 5.41) is 15.4. The van der Waals surface area contributed by atoms with E-state index >= 15 is 0 Å². The van der Waals surface area contributed by atoms with Gasteiger partial charge in [-0.05, 0) is 37.2 Å². The Morgan fingerprint density at radius 3 is 2.60 bits per heavy atom.